The maximum atomic E-state index is 13.0. The maximum Gasteiger partial charge on any atom is 0.417 e. The van der Waals surface area contributed by atoms with E-state index in [1.807, 2.05) is 35.4 Å². The van der Waals surface area contributed by atoms with E-state index in [1.165, 1.54) is 13.0 Å². The molecule has 0 radical (unpaired) electrons. The van der Waals surface area contributed by atoms with Crippen molar-refractivity contribution in [2.45, 2.75) is 37.5 Å². The van der Waals surface area contributed by atoms with Crippen molar-refractivity contribution in [3.63, 3.8) is 0 Å². The number of aromatic nitrogens is 1. The monoisotopic (exact) mass is 403 g/mol. The molecule has 0 aliphatic rings. The van der Waals surface area contributed by atoms with Crippen molar-refractivity contribution >= 4 is 15.9 Å². The van der Waals surface area contributed by atoms with Crippen molar-refractivity contribution in [2.75, 3.05) is 0 Å². The second-order valence-electron chi connectivity index (χ2n) is 6.08. The van der Waals surface area contributed by atoms with E-state index in [9.17, 15) is 26.4 Å². The fraction of sp³-hybridized carbons (Fsp3) is 0.353. The molecule has 10 heteroatoms. The van der Waals surface area contributed by atoms with Gasteiger partial charge in [0.2, 0.25) is 15.9 Å². The van der Waals surface area contributed by atoms with Gasteiger partial charge in [0, 0.05) is 18.4 Å². The molecule has 0 aliphatic heterocycles. The van der Waals surface area contributed by atoms with E-state index < -0.39 is 38.6 Å². The van der Waals surface area contributed by atoms with E-state index in [0.717, 1.165) is 23.5 Å². The fourth-order valence-corrected chi connectivity index (χ4v) is 3.89. The van der Waals surface area contributed by atoms with Gasteiger partial charge in [0.15, 0.2) is 0 Å². The minimum atomic E-state index is -4.83. The summed E-state index contributed by atoms with van der Waals surface area (Å²) >= 11 is 0. The van der Waals surface area contributed by atoms with Crippen LogP contribution in [0.1, 0.15) is 23.9 Å². The van der Waals surface area contributed by atoms with Gasteiger partial charge in [-0.25, -0.2) is 8.42 Å². The first-order valence-electron chi connectivity index (χ1n) is 8.01. The molecule has 0 fully saturated rings. The summed E-state index contributed by atoms with van der Waals surface area (Å²) in [6, 6.07) is 6.23. The molecule has 1 atom stereocenters. The Hall–Kier alpha value is -2.33. The molecule has 0 bridgehead atoms. The van der Waals surface area contributed by atoms with Crippen molar-refractivity contribution in [2.24, 2.45) is 7.05 Å². The number of nitrogens with zero attached hydrogens (tertiary/aromatic N) is 1. The third kappa shape index (κ3) is 4.89. The van der Waals surface area contributed by atoms with Crippen LogP contribution in [0.3, 0.4) is 0 Å². The molecule has 0 spiro atoms. The predicted molar refractivity (Wildman–Crippen MR) is 93.2 cm³/mol. The number of carbonyl (C=O) groups is 1. The first-order valence-corrected chi connectivity index (χ1v) is 9.49. The molecule has 1 aromatic carbocycles. The van der Waals surface area contributed by atoms with Gasteiger partial charge in [-0.15, -0.1) is 0 Å². The van der Waals surface area contributed by atoms with Crippen molar-refractivity contribution in [1.82, 2.24) is 14.6 Å². The number of nitrogens with one attached hydrogen (secondary N) is 2. The molecule has 0 saturated heterocycles. The Morgan fingerprint density at radius 1 is 1.19 bits per heavy atom. The largest absolute Gasteiger partial charge is 0.417 e. The molecule has 2 N–H and O–H groups in total. The lowest BCUT2D eigenvalue weighted by atomic mass is 10.2. The van der Waals surface area contributed by atoms with Gasteiger partial charge in [0.25, 0.3) is 0 Å². The van der Waals surface area contributed by atoms with Crippen LogP contribution < -0.4 is 10.0 Å². The van der Waals surface area contributed by atoms with Crippen LogP contribution in [0.4, 0.5) is 13.2 Å². The average Bonchev–Trinajstić information content (AvgIpc) is 2.90. The maximum absolute atomic E-state index is 13.0. The van der Waals surface area contributed by atoms with E-state index in [1.54, 1.807) is 0 Å². The summed E-state index contributed by atoms with van der Waals surface area (Å²) in [6.45, 7) is 3.31. The van der Waals surface area contributed by atoms with Crippen LogP contribution in [0, 0.1) is 6.92 Å². The topological polar surface area (TPSA) is 80.2 Å². The summed E-state index contributed by atoms with van der Waals surface area (Å²) in [5, 5.41) is 2.56. The highest BCUT2D eigenvalue weighted by Crippen LogP contribution is 2.33. The smallest absolute Gasteiger partial charge is 0.350 e. The van der Waals surface area contributed by atoms with Gasteiger partial charge in [0.1, 0.15) is 0 Å². The molecule has 148 valence electrons. The Morgan fingerprint density at radius 2 is 1.81 bits per heavy atom. The summed E-state index contributed by atoms with van der Waals surface area (Å²) in [5.41, 5.74) is 0.500. The normalized spacial score (nSPS) is 13.4. The Balaban J connectivity index is 2.11. The van der Waals surface area contributed by atoms with E-state index in [0.29, 0.717) is 6.07 Å². The van der Waals surface area contributed by atoms with Crippen molar-refractivity contribution in [1.29, 1.82) is 0 Å². The number of rotatable bonds is 6. The minimum Gasteiger partial charge on any atom is -0.350 e. The Morgan fingerprint density at radius 3 is 2.37 bits per heavy atom. The molecule has 1 aromatic heterocycles. The predicted octanol–water partition coefficient (Wildman–Crippen LogP) is 2.34. The number of halogens is 3. The zero-order valence-electron chi connectivity index (χ0n) is 15.0. The molecule has 6 nitrogen and oxygen atoms in total. The number of sulfonamides is 1. The summed E-state index contributed by atoms with van der Waals surface area (Å²) in [5.74, 6) is -0.651. The fourth-order valence-electron chi connectivity index (χ4n) is 2.46. The zero-order valence-corrected chi connectivity index (χ0v) is 15.8. The van der Waals surface area contributed by atoms with E-state index in [2.05, 4.69) is 5.32 Å². The third-order valence-electron chi connectivity index (χ3n) is 4.13. The molecule has 0 aliphatic carbocycles. The minimum absolute atomic E-state index is 0.161. The highest BCUT2D eigenvalue weighted by Gasteiger charge is 2.37. The van der Waals surface area contributed by atoms with E-state index >= 15 is 0 Å². The first kappa shape index (κ1) is 21.0. The summed E-state index contributed by atoms with van der Waals surface area (Å²) in [7, 11) is -2.72. The molecular formula is C17H20F3N3O3S. The highest BCUT2D eigenvalue weighted by atomic mass is 32.2. The van der Waals surface area contributed by atoms with Crippen LogP contribution in [-0.4, -0.2) is 24.9 Å². The molecular weight excluding hydrogens is 383 g/mol. The van der Waals surface area contributed by atoms with Crippen LogP contribution in [0.25, 0.3) is 0 Å². The first-order chi connectivity index (χ1) is 12.4. The lowest BCUT2D eigenvalue weighted by Crippen LogP contribution is -2.45. The number of hydrogen-bond donors (Lipinski definition) is 2. The highest BCUT2D eigenvalue weighted by molar-refractivity contribution is 7.89. The molecule has 1 amide bonds. The lowest BCUT2D eigenvalue weighted by molar-refractivity contribution is -0.139. The Kier molecular flexibility index (Phi) is 6.01. The average molecular weight is 403 g/mol. The molecule has 0 unspecified atom stereocenters. The van der Waals surface area contributed by atoms with Gasteiger partial charge >= 0.3 is 6.18 Å². The van der Waals surface area contributed by atoms with Crippen LogP contribution >= 0.6 is 0 Å². The van der Waals surface area contributed by atoms with Gasteiger partial charge in [-0.3, -0.25) is 4.79 Å². The van der Waals surface area contributed by atoms with E-state index in [4.69, 9.17) is 0 Å². The number of alkyl halides is 3. The quantitative estimate of drug-likeness (QED) is 0.777. The second kappa shape index (κ2) is 7.73. The SMILES string of the molecule is Cc1ccc(CNC(=O)[C@H](C)NS(=O)(=O)c2ccccc2C(F)(F)F)n1C. The second-order valence-corrected chi connectivity index (χ2v) is 7.76. The number of carbonyl (C=O) groups excluding carboxylic acids is 1. The summed E-state index contributed by atoms with van der Waals surface area (Å²) in [4.78, 5) is 11.2. The molecule has 1 heterocycles. The summed E-state index contributed by atoms with van der Waals surface area (Å²) in [6.07, 6.45) is -4.83. The van der Waals surface area contributed by atoms with E-state index in [-0.39, 0.29) is 6.54 Å². The van der Waals surface area contributed by atoms with Crippen LogP contribution in [-0.2, 0) is 34.6 Å². The van der Waals surface area contributed by atoms with Gasteiger partial charge in [-0.05, 0) is 38.1 Å². The number of benzene rings is 1. The lowest BCUT2D eigenvalue weighted by Gasteiger charge is -2.17. The summed E-state index contributed by atoms with van der Waals surface area (Å²) < 4.78 is 67.7. The van der Waals surface area contributed by atoms with Crippen molar-refractivity contribution < 1.29 is 26.4 Å². The number of hydrogen-bond acceptors (Lipinski definition) is 3. The van der Waals surface area contributed by atoms with Gasteiger partial charge in [-0.2, -0.15) is 17.9 Å². The van der Waals surface area contributed by atoms with Crippen molar-refractivity contribution in [3.05, 3.63) is 53.3 Å². The Bertz CT molecular complexity index is 936. The van der Waals surface area contributed by atoms with Crippen LogP contribution in [0.15, 0.2) is 41.3 Å². The molecule has 2 rings (SSSR count). The van der Waals surface area contributed by atoms with Crippen LogP contribution in [0.2, 0.25) is 0 Å². The zero-order chi connectivity index (χ0) is 20.4. The number of aryl methyl sites for hydroxylation is 1. The standard InChI is InChI=1S/C17H20F3N3O3S/c1-11-8-9-13(23(11)3)10-21-16(24)12(2)22-27(25,26)15-7-5-4-6-14(15)17(18,19)20/h4-9,12,22H,10H2,1-3H3,(H,21,24)/t12-/m0/s1. The Labute approximate surface area is 155 Å². The van der Waals surface area contributed by atoms with Gasteiger partial charge in [-0.1, -0.05) is 12.1 Å². The van der Waals surface area contributed by atoms with Crippen molar-refractivity contribution in [3.8, 4) is 0 Å². The number of amides is 1. The van der Waals surface area contributed by atoms with Gasteiger partial charge < -0.3 is 9.88 Å². The third-order valence-corrected chi connectivity index (χ3v) is 5.73. The molecule has 2 aromatic rings. The van der Waals surface area contributed by atoms with Gasteiger partial charge in [0.05, 0.1) is 23.0 Å². The molecule has 0 saturated carbocycles. The molecule has 27 heavy (non-hydrogen) atoms. The van der Waals surface area contributed by atoms with Crippen LogP contribution in [0.5, 0.6) is 0 Å².